The van der Waals surface area contributed by atoms with Crippen LogP contribution in [0.3, 0.4) is 0 Å². The third-order valence-corrected chi connectivity index (χ3v) is 2.68. The van der Waals surface area contributed by atoms with Gasteiger partial charge in [0.2, 0.25) is 0 Å². The van der Waals surface area contributed by atoms with Gasteiger partial charge in [-0.2, -0.15) is 0 Å². The first-order valence-corrected chi connectivity index (χ1v) is 5.20. The average Bonchev–Trinajstić information content (AvgIpc) is 2.51. The molecule has 1 aromatic heterocycles. The smallest absolute Gasteiger partial charge is 0.166 e. The molecule has 14 heavy (non-hydrogen) atoms. The number of aliphatic hydroxyl groups is 1. The molecular formula is C9H10BrFN2O. The maximum absolute atomic E-state index is 13.4. The topological polar surface area (TPSA) is 36.4 Å². The van der Waals surface area contributed by atoms with Crippen LogP contribution in [0.1, 0.15) is 6.42 Å². The average molecular weight is 261 g/mol. The second kappa shape index (κ2) is 3.82. The Morgan fingerprint density at radius 2 is 2.43 bits per heavy atom. The number of anilines is 1. The van der Waals surface area contributed by atoms with E-state index in [0.29, 0.717) is 29.8 Å². The molecule has 1 fully saturated rings. The Labute approximate surface area is 89.7 Å². The second-order valence-corrected chi connectivity index (χ2v) is 4.26. The van der Waals surface area contributed by atoms with E-state index in [-0.39, 0.29) is 11.9 Å². The van der Waals surface area contributed by atoms with Gasteiger partial charge in [0, 0.05) is 23.8 Å². The van der Waals surface area contributed by atoms with Crippen molar-refractivity contribution in [3.8, 4) is 0 Å². The Morgan fingerprint density at radius 3 is 3.00 bits per heavy atom. The minimum atomic E-state index is -0.361. The summed E-state index contributed by atoms with van der Waals surface area (Å²) < 4.78 is 14.0. The van der Waals surface area contributed by atoms with E-state index in [9.17, 15) is 9.50 Å². The number of nitrogens with zero attached hydrogens (tertiary/aromatic N) is 2. The molecule has 0 aliphatic carbocycles. The van der Waals surface area contributed by atoms with E-state index < -0.39 is 0 Å². The predicted octanol–water partition coefficient (Wildman–Crippen LogP) is 1.55. The predicted molar refractivity (Wildman–Crippen MR) is 54.7 cm³/mol. The monoisotopic (exact) mass is 260 g/mol. The van der Waals surface area contributed by atoms with Crippen LogP contribution in [0.5, 0.6) is 0 Å². The van der Waals surface area contributed by atoms with E-state index in [1.807, 2.05) is 0 Å². The van der Waals surface area contributed by atoms with Crippen molar-refractivity contribution in [1.29, 1.82) is 0 Å². The van der Waals surface area contributed by atoms with E-state index in [1.165, 1.54) is 6.07 Å². The van der Waals surface area contributed by atoms with Gasteiger partial charge in [0.15, 0.2) is 11.6 Å². The molecule has 1 aliphatic rings. The van der Waals surface area contributed by atoms with Crippen LogP contribution < -0.4 is 4.90 Å². The van der Waals surface area contributed by atoms with Crippen LogP contribution in [0, 0.1) is 5.82 Å². The van der Waals surface area contributed by atoms with Crippen molar-refractivity contribution in [2.45, 2.75) is 12.5 Å². The molecule has 0 bridgehead atoms. The van der Waals surface area contributed by atoms with E-state index in [2.05, 4.69) is 20.9 Å². The summed E-state index contributed by atoms with van der Waals surface area (Å²) in [5.74, 6) is -0.0294. The summed E-state index contributed by atoms with van der Waals surface area (Å²) >= 11 is 3.15. The molecule has 0 spiro atoms. The molecule has 5 heteroatoms. The Balaban J connectivity index is 2.24. The maximum Gasteiger partial charge on any atom is 0.166 e. The molecular weight excluding hydrogens is 251 g/mol. The van der Waals surface area contributed by atoms with Crippen LogP contribution in [0.2, 0.25) is 0 Å². The summed E-state index contributed by atoms with van der Waals surface area (Å²) in [6, 6.07) is 1.38. The lowest BCUT2D eigenvalue weighted by Crippen LogP contribution is -2.23. The highest BCUT2D eigenvalue weighted by molar-refractivity contribution is 9.10. The van der Waals surface area contributed by atoms with Gasteiger partial charge in [-0.25, -0.2) is 9.37 Å². The van der Waals surface area contributed by atoms with E-state index in [4.69, 9.17) is 0 Å². The van der Waals surface area contributed by atoms with Gasteiger partial charge in [0.1, 0.15) is 0 Å². The molecule has 1 N–H and O–H groups in total. The molecule has 2 rings (SSSR count). The molecule has 1 atom stereocenters. The highest BCUT2D eigenvalue weighted by Crippen LogP contribution is 2.23. The van der Waals surface area contributed by atoms with Gasteiger partial charge in [0.25, 0.3) is 0 Å². The summed E-state index contributed by atoms with van der Waals surface area (Å²) in [6.45, 7) is 1.12. The molecule has 3 nitrogen and oxygen atoms in total. The van der Waals surface area contributed by atoms with Crippen molar-refractivity contribution in [3.63, 3.8) is 0 Å². The van der Waals surface area contributed by atoms with Crippen LogP contribution in [0.25, 0.3) is 0 Å². The van der Waals surface area contributed by atoms with Gasteiger partial charge < -0.3 is 10.0 Å². The Kier molecular flexibility index (Phi) is 2.69. The fourth-order valence-electron chi connectivity index (χ4n) is 1.57. The molecule has 1 unspecified atom stereocenters. The minimum absolute atomic E-state index is 0.324. The normalized spacial score (nSPS) is 21.6. The van der Waals surface area contributed by atoms with Crippen molar-refractivity contribution in [3.05, 3.63) is 22.6 Å². The summed E-state index contributed by atoms with van der Waals surface area (Å²) in [6.07, 6.45) is 1.88. The first kappa shape index (κ1) is 9.86. The summed E-state index contributed by atoms with van der Waals surface area (Å²) in [4.78, 5) is 5.74. The SMILES string of the molecule is OC1CCN(c2ncc(Br)cc2F)C1. The Bertz CT molecular complexity index is 348. The van der Waals surface area contributed by atoms with Gasteiger partial charge in [-0.15, -0.1) is 0 Å². The fraction of sp³-hybridized carbons (Fsp3) is 0.444. The van der Waals surface area contributed by atoms with Crippen molar-refractivity contribution in [2.75, 3.05) is 18.0 Å². The first-order chi connectivity index (χ1) is 6.66. The maximum atomic E-state index is 13.4. The number of aliphatic hydroxyl groups excluding tert-OH is 1. The molecule has 0 aromatic carbocycles. The van der Waals surface area contributed by atoms with Gasteiger partial charge in [-0.05, 0) is 28.4 Å². The second-order valence-electron chi connectivity index (χ2n) is 3.35. The lowest BCUT2D eigenvalue weighted by molar-refractivity contribution is 0.198. The lowest BCUT2D eigenvalue weighted by Gasteiger charge is -2.16. The zero-order valence-corrected chi connectivity index (χ0v) is 9.04. The third-order valence-electron chi connectivity index (χ3n) is 2.25. The first-order valence-electron chi connectivity index (χ1n) is 4.41. The third kappa shape index (κ3) is 1.88. The zero-order chi connectivity index (χ0) is 10.1. The number of hydrogen-bond donors (Lipinski definition) is 1. The molecule has 1 aliphatic heterocycles. The van der Waals surface area contributed by atoms with Gasteiger partial charge in [-0.3, -0.25) is 0 Å². The van der Waals surface area contributed by atoms with Crippen LogP contribution in [-0.2, 0) is 0 Å². The molecule has 2 heterocycles. The van der Waals surface area contributed by atoms with Gasteiger partial charge >= 0.3 is 0 Å². The number of pyridine rings is 1. The number of rotatable bonds is 1. The summed E-state index contributed by atoms with van der Waals surface area (Å²) in [5, 5.41) is 9.31. The zero-order valence-electron chi connectivity index (χ0n) is 7.45. The molecule has 0 saturated carbocycles. The lowest BCUT2D eigenvalue weighted by atomic mass is 10.3. The van der Waals surface area contributed by atoms with Crippen LogP contribution >= 0.6 is 15.9 Å². The Morgan fingerprint density at radius 1 is 1.64 bits per heavy atom. The minimum Gasteiger partial charge on any atom is -0.391 e. The largest absolute Gasteiger partial charge is 0.391 e. The van der Waals surface area contributed by atoms with Crippen LogP contribution in [0.4, 0.5) is 10.2 Å². The van der Waals surface area contributed by atoms with E-state index in [1.54, 1.807) is 11.1 Å². The number of halogens is 2. The highest BCUT2D eigenvalue weighted by Gasteiger charge is 2.23. The van der Waals surface area contributed by atoms with Crippen molar-refractivity contribution >= 4 is 21.7 Å². The number of hydrogen-bond acceptors (Lipinski definition) is 3. The Hall–Kier alpha value is -0.680. The van der Waals surface area contributed by atoms with Crippen molar-refractivity contribution in [1.82, 2.24) is 4.98 Å². The van der Waals surface area contributed by atoms with Crippen LogP contribution in [-0.4, -0.2) is 29.3 Å². The highest BCUT2D eigenvalue weighted by atomic mass is 79.9. The van der Waals surface area contributed by atoms with Crippen LogP contribution in [0.15, 0.2) is 16.7 Å². The standard InChI is InChI=1S/C9H10BrFN2O/c10-6-3-8(11)9(12-4-6)13-2-1-7(14)5-13/h3-4,7,14H,1-2,5H2. The van der Waals surface area contributed by atoms with E-state index in [0.717, 1.165) is 0 Å². The quantitative estimate of drug-likeness (QED) is 0.833. The van der Waals surface area contributed by atoms with Crippen molar-refractivity contribution in [2.24, 2.45) is 0 Å². The van der Waals surface area contributed by atoms with Gasteiger partial charge in [0.05, 0.1) is 6.10 Å². The molecule has 0 radical (unpaired) electrons. The van der Waals surface area contributed by atoms with E-state index >= 15 is 0 Å². The molecule has 76 valence electrons. The number of aromatic nitrogens is 1. The fourth-order valence-corrected chi connectivity index (χ4v) is 1.88. The molecule has 1 saturated heterocycles. The summed E-state index contributed by atoms with van der Waals surface area (Å²) in [5.41, 5.74) is 0. The van der Waals surface area contributed by atoms with Crippen molar-refractivity contribution < 1.29 is 9.50 Å². The molecule has 1 aromatic rings. The summed E-state index contributed by atoms with van der Waals surface area (Å²) in [7, 11) is 0. The van der Waals surface area contributed by atoms with Gasteiger partial charge in [-0.1, -0.05) is 0 Å². The number of β-amino-alcohol motifs (C(OH)–C–C–N with tert-alkyl or cyclic N) is 1. The molecule has 0 amide bonds.